The summed E-state index contributed by atoms with van der Waals surface area (Å²) in [5.41, 5.74) is 3.03. The number of carbonyl (C=O) groups is 2. The lowest BCUT2D eigenvalue weighted by Gasteiger charge is -2.32. The fraction of sp³-hybridized carbons (Fsp3) is 0.333. The van der Waals surface area contributed by atoms with E-state index in [9.17, 15) is 18.0 Å². The average molecular weight is 570 g/mol. The molecule has 0 aliphatic heterocycles. The second-order valence-electron chi connectivity index (χ2n) is 10.1. The van der Waals surface area contributed by atoms with Crippen molar-refractivity contribution in [1.29, 1.82) is 0 Å². The zero-order valence-electron chi connectivity index (χ0n) is 23.0. The van der Waals surface area contributed by atoms with Gasteiger partial charge in [0.1, 0.15) is 12.6 Å². The van der Waals surface area contributed by atoms with E-state index in [0.717, 1.165) is 21.0 Å². The normalized spacial score (nSPS) is 12.2. The minimum Gasteiger partial charge on any atom is -0.354 e. The predicted octanol–water partition coefficient (Wildman–Crippen LogP) is 5.34. The van der Waals surface area contributed by atoms with Crippen molar-refractivity contribution in [3.05, 3.63) is 94.5 Å². The molecule has 0 saturated heterocycles. The Morgan fingerprint density at radius 3 is 2.21 bits per heavy atom. The topological polar surface area (TPSA) is 86.8 Å². The van der Waals surface area contributed by atoms with E-state index in [1.54, 1.807) is 25.1 Å². The molecule has 0 bridgehead atoms. The predicted molar refractivity (Wildman–Crippen MR) is 156 cm³/mol. The zero-order chi connectivity index (χ0) is 28.7. The van der Waals surface area contributed by atoms with Crippen LogP contribution in [0.15, 0.2) is 77.7 Å². The number of nitrogens with one attached hydrogen (secondary N) is 1. The fourth-order valence-electron chi connectivity index (χ4n) is 4.05. The van der Waals surface area contributed by atoms with E-state index < -0.39 is 28.5 Å². The summed E-state index contributed by atoms with van der Waals surface area (Å²) in [6, 6.07) is 19.6. The largest absolute Gasteiger partial charge is 0.354 e. The number of amides is 2. The van der Waals surface area contributed by atoms with Gasteiger partial charge in [-0.15, -0.1) is 0 Å². The molecule has 0 fully saturated rings. The highest BCUT2D eigenvalue weighted by Gasteiger charge is 2.32. The van der Waals surface area contributed by atoms with Gasteiger partial charge in [0.15, 0.2) is 0 Å². The number of nitrogens with zero attached hydrogens (tertiary/aromatic N) is 2. The summed E-state index contributed by atoms with van der Waals surface area (Å²) in [5, 5.41) is 3.29. The van der Waals surface area contributed by atoms with Gasteiger partial charge >= 0.3 is 0 Å². The van der Waals surface area contributed by atoms with Crippen LogP contribution < -0.4 is 9.62 Å². The summed E-state index contributed by atoms with van der Waals surface area (Å²) in [6.45, 7) is 9.57. The van der Waals surface area contributed by atoms with Crippen molar-refractivity contribution in [3.63, 3.8) is 0 Å². The molecule has 3 rings (SSSR count). The Morgan fingerprint density at radius 1 is 0.923 bits per heavy atom. The first-order valence-electron chi connectivity index (χ1n) is 12.9. The van der Waals surface area contributed by atoms with Gasteiger partial charge in [0.25, 0.3) is 10.0 Å². The van der Waals surface area contributed by atoms with Crippen LogP contribution in [0.25, 0.3) is 0 Å². The number of benzene rings is 3. The lowest BCUT2D eigenvalue weighted by Crippen LogP contribution is -2.51. The molecule has 1 N–H and O–H groups in total. The Labute approximate surface area is 236 Å². The molecule has 39 heavy (non-hydrogen) atoms. The maximum absolute atomic E-state index is 14.0. The monoisotopic (exact) mass is 569 g/mol. The molecule has 0 aliphatic rings. The van der Waals surface area contributed by atoms with Gasteiger partial charge in [0.2, 0.25) is 11.8 Å². The number of anilines is 1. The van der Waals surface area contributed by atoms with Crippen LogP contribution in [0.5, 0.6) is 0 Å². The number of hydrogen-bond acceptors (Lipinski definition) is 4. The van der Waals surface area contributed by atoms with Crippen molar-refractivity contribution in [2.45, 2.75) is 52.1 Å². The van der Waals surface area contributed by atoms with Crippen LogP contribution in [0.1, 0.15) is 37.5 Å². The summed E-state index contributed by atoms with van der Waals surface area (Å²) in [7, 11) is -4.14. The van der Waals surface area contributed by atoms with E-state index in [1.165, 1.54) is 29.2 Å². The van der Waals surface area contributed by atoms with Crippen LogP contribution in [-0.2, 0) is 26.2 Å². The minimum atomic E-state index is -4.14. The van der Waals surface area contributed by atoms with Crippen LogP contribution in [-0.4, -0.2) is 44.3 Å². The summed E-state index contributed by atoms with van der Waals surface area (Å²) in [4.78, 5) is 28.5. The Kier molecular flexibility index (Phi) is 10.2. The number of carbonyl (C=O) groups excluding carboxylic acids is 2. The van der Waals surface area contributed by atoms with Crippen molar-refractivity contribution in [3.8, 4) is 0 Å². The molecule has 3 aromatic rings. The van der Waals surface area contributed by atoms with Gasteiger partial charge in [-0.25, -0.2) is 8.42 Å². The Hall–Kier alpha value is -3.36. The molecule has 208 valence electrons. The highest BCUT2D eigenvalue weighted by molar-refractivity contribution is 7.92. The van der Waals surface area contributed by atoms with E-state index in [-0.39, 0.29) is 23.3 Å². The lowest BCUT2D eigenvalue weighted by molar-refractivity contribution is -0.139. The number of rotatable bonds is 11. The molecule has 0 aliphatic carbocycles. The SMILES string of the molecule is Cc1cccc(N(CC(=O)N(Cc2ccccc2C)[C@H](C)C(=O)NCC(C)C)S(=O)(=O)c2ccc(Cl)cc2)c1. The molecular weight excluding hydrogens is 534 g/mol. The second-order valence-corrected chi connectivity index (χ2v) is 12.4. The Balaban J connectivity index is 2.02. The first-order valence-corrected chi connectivity index (χ1v) is 14.7. The molecule has 3 aromatic carbocycles. The van der Waals surface area contributed by atoms with Crippen LogP contribution in [0.4, 0.5) is 5.69 Å². The van der Waals surface area contributed by atoms with Gasteiger partial charge in [0.05, 0.1) is 10.6 Å². The highest BCUT2D eigenvalue weighted by Crippen LogP contribution is 2.26. The molecule has 1 atom stereocenters. The van der Waals surface area contributed by atoms with Gasteiger partial charge in [0, 0.05) is 18.1 Å². The first kappa shape index (κ1) is 30.2. The summed E-state index contributed by atoms with van der Waals surface area (Å²) in [6.07, 6.45) is 0. The third kappa shape index (κ3) is 7.83. The third-order valence-corrected chi connectivity index (χ3v) is 8.46. The van der Waals surface area contributed by atoms with Crippen molar-refractivity contribution in [2.24, 2.45) is 5.92 Å². The lowest BCUT2D eigenvalue weighted by atomic mass is 10.1. The number of halogens is 1. The van der Waals surface area contributed by atoms with Gasteiger partial charge in [-0.05, 0) is 79.8 Å². The minimum absolute atomic E-state index is 0.00869. The van der Waals surface area contributed by atoms with E-state index in [4.69, 9.17) is 11.6 Å². The molecule has 7 nitrogen and oxygen atoms in total. The van der Waals surface area contributed by atoms with Gasteiger partial charge < -0.3 is 10.2 Å². The summed E-state index contributed by atoms with van der Waals surface area (Å²) < 4.78 is 28.8. The van der Waals surface area contributed by atoms with Crippen molar-refractivity contribution >= 4 is 39.1 Å². The van der Waals surface area contributed by atoms with Crippen LogP contribution >= 0.6 is 11.6 Å². The van der Waals surface area contributed by atoms with Crippen LogP contribution in [0.3, 0.4) is 0 Å². The molecule has 0 unspecified atom stereocenters. The maximum Gasteiger partial charge on any atom is 0.264 e. The zero-order valence-corrected chi connectivity index (χ0v) is 24.6. The Bertz CT molecular complexity index is 1410. The van der Waals surface area contributed by atoms with Crippen LogP contribution in [0, 0.1) is 19.8 Å². The quantitative estimate of drug-likeness (QED) is 0.338. The molecule has 0 aromatic heterocycles. The molecular formula is C30H36ClN3O4S. The van der Waals surface area contributed by atoms with Gasteiger partial charge in [-0.1, -0.05) is 61.8 Å². The Morgan fingerprint density at radius 2 is 1.59 bits per heavy atom. The molecule has 9 heteroatoms. The molecule has 0 saturated carbocycles. The van der Waals surface area contributed by atoms with E-state index >= 15 is 0 Å². The van der Waals surface area contributed by atoms with E-state index in [0.29, 0.717) is 17.3 Å². The third-order valence-electron chi connectivity index (χ3n) is 6.42. The number of aryl methyl sites for hydroxylation is 2. The van der Waals surface area contributed by atoms with E-state index in [1.807, 2.05) is 58.0 Å². The first-order chi connectivity index (χ1) is 18.4. The standard InChI is InChI=1S/C30H36ClN3O4S/c1-21(2)18-32-30(36)24(5)33(19-25-11-7-6-10-23(25)4)29(35)20-34(27-12-8-9-22(3)17-27)39(37,38)28-15-13-26(31)14-16-28/h6-17,21,24H,18-20H2,1-5H3,(H,32,36)/t24-/m1/s1. The molecule has 2 amide bonds. The fourth-order valence-corrected chi connectivity index (χ4v) is 5.58. The number of sulfonamides is 1. The van der Waals surface area contributed by atoms with Crippen molar-refractivity contribution in [1.82, 2.24) is 10.2 Å². The van der Waals surface area contributed by atoms with E-state index in [2.05, 4.69) is 5.32 Å². The van der Waals surface area contributed by atoms with Crippen molar-refractivity contribution < 1.29 is 18.0 Å². The molecule has 0 radical (unpaired) electrons. The summed E-state index contributed by atoms with van der Waals surface area (Å²) >= 11 is 6.00. The average Bonchev–Trinajstić information content (AvgIpc) is 2.89. The van der Waals surface area contributed by atoms with Gasteiger partial charge in [-0.3, -0.25) is 13.9 Å². The van der Waals surface area contributed by atoms with Crippen molar-refractivity contribution in [2.75, 3.05) is 17.4 Å². The van der Waals surface area contributed by atoms with Crippen LogP contribution in [0.2, 0.25) is 5.02 Å². The smallest absolute Gasteiger partial charge is 0.264 e. The van der Waals surface area contributed by atoms with Gasteiger partial charge in [-0.2, -0.15) is 0 Å². The molecule has 0 spiro atoms. The molecule has 0 heterocycles. The highest BCUT2D eigenvalue weighted by atomic mass is 35.5. The maximum atomic E-state index is 14.0. The second kappa shape index (κ2) is 13.1. The summed E-state index contributed by atoms with van der Waals surface area (Å²) in [5.74, 6) is -0.555. The number of hydrogen-bond donors (Lipinski definition) is 1.